The molecule has 14 heteroatoms. The third-order valence-electron chi connectivity index (χ3n) is 6.88. The van der Waals surface area contributed by atoms with E-state index in [0.29, 0.717) is 16.9 Å². The van der Waals surface area contributed by atoms with E-state index in [0.717, 1.165) is 15.2 Å². The van der Waals surface area contributed by atoms with Gasteiger partial charge in [0.2, 0.25) is 0 Å². The first-order valence-electron chi connectivity index (χ1n) is 12.4. The number of aliphatic hydroxyl groups is 3. The van der Waals surface area contributed by atoms with E-state index >= 15 is 0 Å². The minimum Gasteiger partial charge on any atom is -0.394 e. The summed E-state index contributed by atoms with van der Waals surface area (Å²) in [6, 6.07) is 10.8. The number of thiazole rings is 1. The largest absolute Gasteiger partial charge is 0.394 e. The second kappa shape index (κ2) is 10.5. The van der Waals surface area contributed by atoms with Crippen molar-refractivity contribution in [1.29, 1.82) is 5.26 Å². The summed E-state index contributed by atoms with van der Waals surface area (Å²) in [6.45, 7) is 1.39. The number of hydrogen-bond donors (Lipinski definition) is 3. The first-order chi connectivity index (χ1) is 19.4. The fourth-order valence-electron chi connectivity index (χ4n) is 4.92. The third kappa shape index (κ3) is 4.53. The fourth-order valence-corrected chi connectivity index (χ4v) is 5.78. The van der Waals surface area contributed by atoms with Crippen molar-refractivity contribution in [1.82, 2.24) is 34.7 Å². The van der Waals surface area contributed by atoms with Crippen molar-refractivity contribution in [3.8, 4) is 23.0 Å². The molecular weight excluding hydrogens is 539 g/mol. The van der Waals surface area contributed by atoms with Crippen molar-refractivity contribution in [3.63, 3.8) is 0 Å². The number of nitrogens with zero attached hydrogens (tertiary/aromatic N) is 8. The van der Waals surface area contributed by atoms with E-state index in [1.807, 2.05) is 31.2 Å². The zero-order valence-electron chi connectivity index (χ0n) is 21.0. The van der Waals surface area contributed by atoms with Crippen LogP contribution in [0.2, 0.25) is 0 Å². The van der Waals surface area contributed by atoms with Crippen LogP contribution in [0, 0.1) is 24.1 Å². The zero-order valence-corrected chi connectivity index (χ0v) is 21.9. The molecule has 2 aromatic carbocycles. The molecule has 0 bridgehead atoms. The smallest absolute Gasteiger partial charge is 0.163 e. The summed E-state index contributed by atoms with van der Waals surface area (Å²) in [7, 11) is 0. The molecule has 12 nitrogen and oxygen atoms in total. The van der Waals surface area contributed by atoms with E-state index in [1.165, 1.54) is 45.4 Å². The van der Waals surface area contributed by atoms with Crippen molar-refractivity contribution < 1.29 is 24.4 Å². The third-order valence-corrected chi connectivity index (χ3v) is 7.81. The number of fused-ring (bicyclic) bond motifs is 1. The van der Waals surface area contributed by atoms with Crippen LogP contribution < -0.4 is 0 Å². The van der Waals surface area contributed by atoms with Gasteiger partial charge in [0.25, 0.3) is 0 Å². The van der Waals surface area contributed by atoms with Crippen LogP contribution in [0.4, 0.5) is 4.39 Å². The Morgan fingerprint density at radius 3 is 2.80 bits per heavy atom. The van der Waals surface area contributed by atoms with Gasteiger partial charge in [0.15, 0.2) is 5.82 Å². The maximum Gasteiger partial charge on any atom is 0.163 e. The van der Waals surface area contributed by atoms with Gasteiger partial charge in [-0.1, -0.05) is 17.3 Å². The average Bonchev–Trinajstić information content (AvgIpc) is 3.69. The quantitative estimate of drug-likeness (QED) is 0.278. The summed E-state index contributed by atoms with van der Waals surface area (Å²) in [5.41, 5.74) is 2.49. The number of aryl methyl sites for hydroxylation is 1. The summed E-state index contributed by atoms with van der Waals surface area (Å²) in [4.78, 5) is 8.82. The van der Waals surface area contributed by atoms with Gasteiger partial charge >= 0.3 is 0 Å². The highest BCUT2D eigenvalue weighted by Gasteiger charge is 2.48. The van der Waals surface area contributed by atoms with Crippen molar-refractivity contribution in [3.05, 3.63) is 71.1 Å². The highest BCUT2D eigenvalue weighted by Crippen LogP contribution is 2.38. The zero-order chi connectivity index (χ0) is 28.0. The average molecular weight is 563 g/mol. The molecule has 5 aromatic rings. The molecule has 40 heavy (non-hydrogen) atoms. The number of ether oxygens (including phenoxy) is 1. The van der Waals surface area contributed by atoms with Crippen LogP contribution in [0.5, 0.6) is 0 Å². The van der Waals surface area contributed by atoms with Crippen molar-refractivity contribution in [2.24, 2.45) is 0 Å². The topological polar surface area (TPSA) is 168 Å². The molecule has 0 amide bonds. The van der Waals surface area contributed by atoms with E-state index in [1.54, 1.807) is 6.07 Å². The van der Waals surface area contributed by atoms with Gasteiger partial charge in [0.1, 0.15) is 48.3 Å². The molecule has 0 saturated carbocycles. The van der Waals surface area contributed by atoms with Gasteiger partial charge in [-0.3, -0.25) is 0 Å². The van der Waals surface area contributed by atoms with Gasteiger partial charge in [-0.2, -0.15) is 10.4 Å². The first-order valence-corrected chi connectivity index (χ1v) is 13.2. The van der Waals surface area contributed by atoms with Crippen LogP contribution in [0.3, 0.4) is 0 Å². The Morgan fingerprint density at radius 2 is 2.02 bits per heavy atom. The lowest BCUT2D eigenvalue weighted by molar-refractivity contribution is -0.210. The number of benzene rings is 2. The van der Waals surface area contributed by atoms with Crippen LogP contribution >= 0.6 is 11.3 Å². The molecule has 204 valence electrons. The van der Waals surface area contributed by atoms with E-state index in [4.69, 9.17) is 10.00 Å². The summed E-state index contributed by atoms with van der Waals surface area (Å²) in [6.07, 6.45) is -2.16. The predicted octanol–water partition coefficient (Wildman–Crippen LogP) is 2.04. The maximum atomic E-state index is 14.4. The van der Waals surface area contributed by atoms with Crippen molar-refractivity contribution >= 4 is 21.6 Å². The number of aromatic nitrogens is 7. The van der Waals surface area contributed by atoms with E-state index < -0.39 is 42.9 Å². The van der Waals surface area contributed by atoms with Crippen molar-refractivity contribution in [2.75, 3.05) is 6.61 Å². The molecule has 3 aromatic heterocycles. The number of hydrogen-bond acceptors (Lipinski definition) is 11. The minimum atomic E-state index is -1.38. The standard InChI is InChI=1S/C26H23FN8O4S/c1-13-31-18-5-4-16(9-21(18)40-13)35-26(29-12-30-35)25-24(38)22(23(37)20(11-36)39-25)34-10-19(32-33-34)15-3-2-14(6-7-28)17(27)8-15/h2-5,8-10,12,20,22-25,36-38H,6,11H2,1H3/t20-,22+,23+,24-,25-/m1/s1. The predicted molar refractivity (Wildman–Crippen MR) is 140 cm³/mol. The summed E-state index contributed by atoms with van der Waals surface area (Å²) < 4.78 is 24.1. The Labute approximate surface area is 230 Å². The van der Waals surface area contributed by atoms with Crippen molar-refractivity contribution in [2.45, 2.75) is 43.8 Å². The molecule has 0 radical (unpaired) electrons. The second-order valence-electron chi connectivity index (χ2n) is 9.39. The van der Waals surface area contributed by atoms with Crippen LogP contribution in [0.1, 0.15) is 28.5 Å². The van der Waals surface area contributed by atoms with Crippen LogP contribution in [-0.2, 0) is 11.2 Å². The number of nitriles is 1. The monoisotopic (exact) mass is 562 g/mol. The lowest BCUT2D eigenvalue weighted by Crippen LogP contribution is -2.53. The first kappa shape index (κ1) is 26.1. The Balaban J connectivity index is 1.34. The molecule has 0 aliphatic carbocycles. The highest BCUT2D eigenvalue weighted by molar-refractivity contribution is 7.18. The molecule has 5 atom stereocenters. The molecule has 6 rings (SSSR count). The SMILES string of the molecule is Cc1nc2ccc(-n3ncnc3[C@@H]3O[C@H](CO)[C@H](O)[C@H](n4cc(-c5ccc(CC#N)c(F)c5)nn4)[C@H]3O)cc2s1. The normalized spacial score (nSPS) is 22.9. The second-order valence-corrected chi connectivity index (χ2v) is 10.6. The van der Waals surface area contributed by atoms with Gasteiger partial charge in [0.05, 0.1) is 46.2 Å². The van der Waals surface area contributed by atoms with Gasteiger partial charge in [-0.25, -0.2) is 23.7 Å². The maximum absolute atomic E-state index is 14.4. The van der Waals surface area contributed by atoms with Crippen LogP contribution in [0.25, 0.3) is 27.2 Å². The number of halogens is 1. The lowest BCUT2D eigenvalue weighted by Gasteiger charge is -2.41. The Morgan fingerprint density at radius 1 is 1.18 bits per heavy atom. The Hall–Kier alpha value is -4.13. The number of aliphatic hydroxyl groups excluding tert-OH is 3. The molecule has 0 unspecified atom stereocenters. The number of rotatable bonds is 6. The Kier molecular flexibility index (Phi) is 6.82. The molecule has 0 spiro atoms. The molecule has 1 saturated heterocycles. The molecule has 1 fully saturated rings. The van der Waals surface area contributed by atoms with Gasteiger partial charge < -0.3 is 20.1 Å². The van der Waals surface area contributed by atoms with E-state index in [2.05, 4.69) is 25.4 Å². The summed E-state index contributed by atoms with van der Waals surface area (Å²) in [5.74, 6) is -0.287. The van der Waals surface area contributed by atoms with Gasteiger partial charge in [-0.15, -0.1) is 16.4 Å². The van der Waals surface area contributed by atoms with E-state index in [-0.39, 0.29) is 17.8 Å². The molecule has 3 N–H and O–H groups in total. The Bertz CT molecular complexity index is 1730. The highest BCUT2D eigenvalue weighted by atomic mass is 32.1. The molecular formula is C26H23FN8O4S. The van der Waals surface area contributed by atoms with Gasteiger partial charge in [0, 0.05) is 11.1 Å². The van der Waals surface area contributed by atoms with Crippen LogP contribution in [-0.4, -0.2) is 75.0 Å². The van der Waals surface area contributed by atoms with Crippen LogP contribution in [0.15, 0.2) is 48.9 Å². The molecule has 4 heterocycles. The summed E-state index contributed by atoms with van der Waals surface area (Å²) in [5, 5.41) is 54.8. The molecule has 1 aliphatic rings. The molecule has 1 aliphatic heterocycles. The lowest BCUT2D eigenvalue weighted by atomic mass is 9.92. The van der Waals surface area contributed by atoms with Gasteiger partial charge in [-0.05, 0) is 31.2 Å². The summed E-state index contributed by atoms with van der Waals surface area (Å²) >= 11 is 1.54. The van der Waals surface area contributed by atoms with E-state index in [9.17, 15) is 19.7 Å². The fraction of sp³-hybridized carbons (Fsp3) is 0.308. The minimum absolute atomic E-state index is 0.0640.